The van der Waals surface area contributed by atoms with Crippen molar-refractivity contribution in [3.8, 4) is 12.3 Å². The average molecular weight is 155 g/mol. The Bertz CT molecular complexity index is 174. The van der Waals surface area contributed by atoms with Gasteiger partial charge in [-0.25, -0.2) is 0 Å². The van der Waals surface area contributed by atoms with E-state index in [2.05, 4.69) is 11.2 Å². The van der Waals surface area contributed by atoms with E-state index in [4.69, 9.17) is 11.5 Å². The first-order valence-electron chi connectivity index (χ1n) is 3.42. The van der Waals surface area contributed by atoms with Gasteiger partial charge in [-0.3, -0.25) is 4.79 Å². The summed E-state index contributed by atoms with van der Waals surface area (Å²) in [4.78, 5) is 10.9. The summed E-state index contributed by atoms with van der Waals surface area (Å²) in [6.07, 6.45) is 5.45. The number of amides is 1. The lowest BCUT2D eigenvalue weighted by Gasteiger charge is -2.15. The van der Waals surface area contributed by atoms with E-state index in [9.17, 15) is 4.79 Å². The van der Waals surface area contributed by atoms with Crippen LogP contribution in [0.2, 0.25) is 0 Å². The number of terminal acetylenes is 1. The largest absolute Gasteiger partial charge is 0.381 e. The topological polar surface area (TPSA) is 49.3 Å². The number of hydrogen-bond donors (Lipinski definition) is 2. The van der Waals surface area contributed by atoms with Gasteiger partial charge in [-0.15, -0.1) is 12.3 Å². The molecule has 0 saturated heterocycles. The van der Waals surface area contributed by atoms with Gasteiger partial charge in [-0.1, -0.05) is 0 Å². The Hall–Kier alpha value is -1.01. The van der Waals surface area contributed by atoms with Crippen LogP contribution in [0.15, 0.2) is 0 Å². The molecule has 2 N–H and O–H groups in total. The maximum atomic E-state index is 10.9. The summed E-state index contributed by atoms with van der Waals surface area (Å²) in [5, 5.41) is 11.6. The molecular formula is C8H13NO2. The molecule has 3 heteroatoms. The van der Waals surface area contributed by atoms with Crippen molar-refractivity contribution in [2.75, 3.05) is 6.54 Å². The molecular weight excluding hydrogens is 142 g/mol. The van der Waals surface area contributed by atoms with Gasteiger partial charge in [0.05, 0.1) is 0 Å². The second-order valence-corrected chi connectivity index (χ2v) is 2.77. The lowest BCUT2D eigenvalue weighted by Crippen LogP contribution is -2.42. The van der Waals surface area contributed by atoms with E-state index in [0.717, 1.165) is 0 Å². The zero-order valence-electron chi connectivity index (χ0n) is 6.85. The molecule has 0 saturated carbocycles. The first kappa shape index (κ1) is 9.99. The molecule has 3 nitrogen and oxygen atoms in total. The highest BCUT2D eigenvalue weighted by atomic mass is 16.3. The van der Waals surface area contributed by atoms with Crippen molar-refractivity contribution >= 4 is 5.91 Å². The first-order valence-corrected chi connectivity index (χ1v) is 3.42. The van der Waals surface area contributed by atoms with E-state index in [-0.39, 0.29) is 0 Å². The van der Waals surface area contributed by atoms with Gasteiger partial charge in [-0.05, 0) is 13.8 Å². The molecule has 0 aromatic heterocycles. The van der Waals surface area contributed by atoms with Crippen LogP contribution in [0, 0.1) is 12.3 Å². The zero-order valence-corrected chi connectivity index (χ0v) is 6.85. The van der Waals surface area contributed by atoms with E-state index >= 15 is 0 Å². The summed E-state index contributed by atoms with van der Waals surface area (Å²) in [5.74, 6) is 1.98. The molecule has 0 bridgehead atoms. The molecule has 0 radical (unpaired) electrons. The monoisotopic (exact) mass is 155 g/mol. The van der Waals surface area contributed by atoms with Crippen molar-refractivity contribution in [2.45, 2.75) is 25.9 Å². The quantitative estimate of drug-likeness (QED) is 0.441. The van der Waals surface area contributed by atoms with Crippen molar-refractivity contribution < 1.29 is 9.90 Å². The molecule has 0 heterocycles. The molecule has 0 aliphatic rings. The van der Waals surface area contributed by atoms with Crippen molar-refractivity contribution in [3.63, 3.8) is 0 Å². The van der Waals surface area contributed by atoms with Gasteiger partial charge in [0.2, 0.25) is 0 Å². The van der Waals surface area contributed by atoms with Crippen LogP contribution in [-0.4, -0.2) is 23.2 Å². The van der Waals surface area contributed by atoms with Crippen LogP contribution < -0.4 is 5.32 Å². The number of aliphatic hydroxyl groups is 1. The third-order valence-corrected chi connectivity index (χ3v) is 1.11. The van der Waals surface area contributed by atoms with Crippen LogP contribution in [0.5, 0.6) is 0 Å². The van der Waals surface area contributed by atoms with Crippen molar-refractivity contribution in [2.24, 2.45) is 0 Å². The maximum absolute atomic E-state index is 10.9. The molecule has 62 valence electrons. The predicted octanol–water partition coefficient (Wildman–Crippen LogP) is -0.103. The van der Waals surface area contributed by atoms with Crippen molar-refractivity contribution in [1.29, 1.82) is 0 Å². The summed E-state index contributed by atoms with van der Waals surface area (Å²) >= 11 is 0. The van der Waals surface area contributed by atoms with Gasteiger partial charge < -0.3 is 10.4 Å². The highest BCUT2D eigenvalue weighted by molar-refractivity contribution is 5.83. The molecule has 0 rings (SSSR count). The lowest BCUT2D eigenvalue weighted by atomic mass is 10.1. The fraction of sp³-hybridized carbons (Fsp3) is 0.625. The van der Waals surface area contributed by atoms with Crippen LogP contribution in [0.25, 0.3) is 0 Å². The number of hydrogen-bond acceptors (Lipinski definition) is 2. The third-order valence-electron chi connectivity index (χ3n) is 1.11. The Labute approximate surface area is 66.8 Å². The molecule has 0 spiro atoms. The second kappa shape index (κ2) is 3.99. The molecule has 0 unspecified atom stereocenters. The van der Waals surface area contributed by atoms with E-state index in [1.165, 1.54) is 13.8 Å². The summed E-state index contributed by atoms with van der Waals surface area (Å²) in [6, 6.07) is 0. The summed E-state index contributed by atoms with van der Waals surface area (Å²) in [6.45, 7) is 3.27. The lowest BCUT2D eigenvalue weighted by molar-refractivity contribution is -0.136. The maximum Gasteiger partial charge on any atom is 0.251 e. The Morgan fingerprint density at radius 2 is 2.27 bits per heavy atom. The van der Waals surface area contributed by atoms with Gasteiger partial charge in [0.15, 0.2) is 0 Å². The second-order valence-electron chi connectivity index (χ2n) is 2.77. The Kier molecular flexibility index (Phi) is 3.63. The first-order chi connectivity index (χ1) is 4.98. The fourth-order valence-corrected chi connectivity index (χ4v) is 0.465. The summed E-state index contributed by atoms with van der Waals surface area (Å²) in [5.41, 5.74) is -1.31. The van der Waals surface area contributed by atoms with E-state index in [1.807, 2.05) is 0 Å². The van der Waals surface area contributed by atoms with Gasteiger partial charge in [0.25, 0.3) is 5.91 Å². The standard InChI is InChI=1S/C8H13NO2/c1-4-5-6-9-7(10)8(2,3)11/h1,11H,5-6H2,2-3H3,(H,9,10). The van der Waals surface area contributed by atoms with Crippen LogP contribution in [0.3, 0.4) is 0 Å². The van der Waals surface area contributed by atoms with Crippen LogP contribution in [0.4, 0.5) is 0 Å². The van der Waals surface area contributed by atoms with Gasteiger partial charge in [0.1, 0.15) is 5.60 Å². The number of carbonyl (C=O) groups excluding carboxylic acids is 1. The van der Waals surface area contributed by atoms with Gasteiger partial charge in [0, 0.05) is 13.0 Å². The molecule has 11 heavy (non-hydrogen) atoms. The highest BCUT2D eigenvalue weighted by Crippen LogP contribution is 1.99. The minimum atomic E-state index is -1.31. The van der Waals surface area contributed by atoms with E-state index in [0.29, 0.717) is 13.0 Å². The molecule has 0 aromatic carbocycles. The van der Waals surface area contributed by atoms with Gasteiger partial charge in [-0.2, -0.15) is 0 Å². The molecule has 0 aliphatic carbocycles. The Morgan fingerprint density at radius 1 is 1.73 bits per heavy atom. The van der Waals surface area contributed by atoms with Crippen LogP contribution in [-0.2, 0) is 4.79 Å². The van der Waals surface area contributed by atoms with E-state index < -0.39 is 11.5 Å². The third kappa shape index (κ3) is 4.40. The number of carbonyl (C=O) groups is 1. The molecule has 0 aliphatic heterocycles. The summed E-state index contributed by atoms with van der Waals surface area (Å²) in [7, 11) is 0. The highest BCUT2D eigenvalue weighted by Gasteiger charge is 2.22. The van der Waals surface area contributed by atoms with Gasteiger partial charge >= 0.3 is 0 Å². The molecule has 0 aromatic rings. The molecule has 1 amide bonds. The molecule has 0 atom stereocenters. The minimum absolute atomic E-state index is 0.396. The number of rotatable bonds is 3. The predicted molar refractivity (Wildman–Crippen MR) is 42.8 cm³/mol. The average Bonchev–Trinajstić information content (AvgIpc) is 1.86. The smallest absolute Gasteiger partial charge is 0.251 e. The Balaban J connectivity index is 3.64. The van der Waals surface area contributed by atoms with Crippen molar-refractivity contribution in [3.05, 3.63) is 0 Å². The Morgan fingerprint density at radius 3 is 2.64 bits per heavy atom. The minimum Gasteiger partial charge on any atom is -0.381 e. The van der Waals surface area contributed by atoms with Crippen LogP contribution >= 0.6 is 0 Å². The van der Waals surface area contributed by atoms with Crippen molar-refractivity contribution in [1.82, 2.24) is 5.32 Å². The zero-order chi connectivity index (χ0) is 8.91. The SMILES string of the molecule is C#CCCNC(=O)C(C)(C)O. The van der Waals surface area contributed by atoms with Crippen LogP contribution in [0.1, 0.15) is 20.3 Å². The summed E-state index contributed by atoms with van der Waals surface area (Å²) < 4.78 is 0. The normalized spacial score (nSPS) is 10.4. The van der Waals surface area contributed by atoms with E-state index in [1.54, 1.807) is 0 Å². The molecule has 0 fully saturated rings. The fourth-order valence-electron chi connectivity index (χ4n) is 0.465. The number of nitrogens with one attached hydrogen (secondary N) is 1.